The second-order valence-corrected chi connectivity index (χ2v) is 6.97. The van der Waals surface area contributed by atoms with E-state index in [1.807, 2.05) is 4.68 Å². The third-order valence-electron chi connectivity index (χ3n) is 4.84. The molecule has 0 N–H and O–H groups in total. The van der Waals surface area contributed by atoms with E-state index in [9.17, 15) is 0 Å². The summed E-state index contributed by atoms with van der Waals surface area (Å²) in [6, 6.07) is 8.33. The predicted molar refractivity (Wildman–Crippen MR) is 97.3 cm³/mol. The first-order valence-electron chi connectivity index (χ1n) is 9.08. The van der Waals surface area contributed by atoms with Gasteiger partial charge in [-0.3, -0.25) is 9.58 Å². The molecule has 1 aliphatic heterocycles. The van der Waals surface area contributed by atoms with Gasteiger partial charge in [-0.25, -0.2) is 0 Å². The molecule has 3 rings (SSSR count). The number of benzene rings is 1. The van der Waals surface area contributed by atoms with Crippen LogP contribution in [0.25, 0.3) is 0 Å². The molecular formula is C20H29N3O. The van der Waals surface area contributed by atoms with Crippen LogP contribution >= 0.6 is 0 Å². The number of rotatable bonds is 6. The normalized spacial score (nSPS) is 18.7. The molecule has 4 nitrogen and oxygen atoms in total. The fourth-order valence-corrected chi connectivity index (χ4v) is 3.47. The van der Waals surface area contributed by atoms with Gasteiger partial charge < -0.3 is 4.74 Å². The van der Waals surface area contributed by atoms with Gasteiger partial charge in [-0.2, -0.15) is 5.10 Å². The largest absolute Gasteiger partial charge is 0.493 e. The molecule has 0 spiro atoms. The molecule has 0 unspecified atom stereocenters. The zero-order valence-electron chi connectivity index (χ0n) is 15.2. The van der Waals surface area contributed by atoms with Gasteiger partial charge in [0.25, 0.3) is 0 Å². The molecule has 4 heteroatoms. The van der Waals surface area contributed by atoms with Crippen LogP contribution in [0.2, 0.25) is 0 Å². The Labute approximate surface area is 145 Å². The molecule has 2 aromatic rings. The quantitative estimate of drug-likeness (QED) is 0.808. The highest BCUT2D eigenvalue weighted by Gasteiger charge is 2.21. The minimum absolute atomic E-state index is 0.612. The molecule has 1 aromatic carbocycles. The maximum absolute atomic E-state index is 6.03. The maximum Gasteiger partial charge on any atom is 0.119 e. The summed E-state index contributed by atoms with van der Waals surface area (Å²) < 4.78 is 8.06. The third kappa shape index (κ3) is 4.38. The summed E-state index contributed by atoms with van der Waals surface area (Å²) in [4.78, 5) is 2.55. The fourth-order valence-electron chi connectivity index (χ4n) is 3.47. The Morgan fingerprint density at radius 1 is 1.29 bits per heavy atom. The second-order valence-electron chi connectivity index (χ2n) is 6.97. The molecule has 1 atom stereocenters. The molecule has 1 aromatic heterocycles. The third-order valence-corrected chi connectivity index (χ3v) is 4.84. The van der Waals surface area contributed by atoms with Crippen LogP contribution < -0.4 is 4.74 Å². The van der Waals surface area contributed by atoms with Crippen LogP contribution in [0.15, 0.2) is 30.5 Å². The summed E-state index contributed by atoms with van der Waals surface area (Å²) in [7, 11) is 0. The molecule has 24 heavy (non-hydrogen) atoms. The van der Waals surface area contributed by atoms with E-state index in [1.54, 1.807) is 0 Å². The number of hydrogen-bond donors (Lipinski definition) is 0. The van der Waals surface area contributed by atoms with Crippen molar-refractivity contribution in [2.45, 2.75) is 46.7 Å². The van der Waals surface area contributed by atoms with Crippen molar-refractivity contribution >= 4 is 0 Å². The van der Waals surface area contributed by atoms with E-state index in [4.69, 9.17) is 4.74 Å². The van der Waals surface area contributed by atoms with Crippen molar-refractivity contribution in [1.29, 1.82) is 0 Å². The molecule has 0 amide bonds. The number of likely N-dealkylation sites (tertiary alicyclic amines) is 1. The molecule has 1 aliphatic rings. The molecule has 0 radical (unpaired) electrons. The van der Waals surface area contributed by atoms with E-state index in [0.29, 0.717) is 5.92 Å². The number of piperidine rings is 1. The Balaban J connectivity index is 1.53. The lowest BCUT2D eigenvalue weighted by atomic mass is 9.98. The van der Waals surface area contributed by atoms with Crippen molar-refractivity contribution in [3.05, 3.63) is 47.3 Å². The van der Waals surface area contributed by atoms with Crippen molar-refractivity contribution in [3.8, 4) is 5.75 Å². The molecule has 0 bridgehead atoms. The Morgan fingerprint density at radius 3 is 2.92 bits per heavy atom. The van der Waals surface area contributed by atoms with E-state index in [1.165, 1.54) is 30.5 Å². The van der Waals surface area contributed by atoms with Crippen molar-refractivity contribution < 1.29 is 4.74 Å². The average Bonchev–Trinajstić information content (AvgIpc) is 2.93. The van der Waals surface area contributed by atoms with Crippen molar-refractivity contribution in [3.63, 3.8) is 0 Å². The summed E-state index contributed by atoms with van der Waals surface area (Å²) >= 11 is 0. The highest BCUT2D eigenvalue weighted by atomic mass is 16.5. The van der Waals surface area contributed by atoms with E-state index < -0.39 is 0 Å². The molecule has 130 valence electrons. The van der Waals surface area contributed by atoms with Crippen LogP contribution in [-0.4, -0.2) is 34.4 Å². The first-order valence-corrected chi connectivity index (χ1v) is 9.08. The van der Waals surface area contributed by atoms with Gasteiger partial charge in [-0.05, 0) is 57.9 Å². The van der Waals surface area contributed by atoms with Crippen molar-refractivity contribution in [1.82, 2.24) is 14.7 Å². The highest BCUT2D eigenvalue weighted by Crippen LogP contribution is 2.21. The Morgan fingerprint density at radius 2 is 2.17 bits per heavy atom. The van der Waals surface area contributed by atoms with Gasteiger partial charge in [-0.1, -0.05) is 12.1 Å². The zero-order valence-corrected chi connectivity index (χ0v) is 15.2. The Bertz CT molecular complexity index is 665. The van der Waals surface area contributed by atoms with Gasteiger partial charge >= 0.3 is 0 Å². The topological polar surface area (TPSA) is 30.3 Å². The smallest absolute Gasteiger partial charge is 0.119 e. The van der Waals surface area contributed by atoms with Crippen molar-refractivity contribution in [2.24, 2.45) is 5.92 Å². The van der Waals surface area contributed by atoms with Crippen LogP contribution in [0.4, 0.5) is 0 Å². The van der Waals surface area contributed by atoms with E-state index in [2.05, 4.69) is 61.2 Å². The molecule has 1 saturated heterocycles. The molecule has 1 fully saturated rings. The summed E-state index contributed by atoms with van der Waals surface area (Å²) in [6.45, 7) is 11.4. The number of ether oxygens (including phenoxy) is 1. The standard InChI is InChI=1S/C20H29N3O/c1-4-23-14-19(17(3)21-23)13-22-10-6-8-18(12-22)15-24-20-9-5-7-16(2)11-20/h5,7,9,11,14,18H,4,6,8,10,12-13,15H2,1-3H3/t18-/m1/s1. The zero-order chi connectivity index (χ0) is 16.9. The first kappa shape index (κ1) is 17.0. The summed E-state index contributed by atoms with van der Waals surface area (Å²) in [5, 5.41) is 4.56. The maximum atomic E-state index is 6.03. The number of aromatic nitrogens is 2. The van der Waals surface area contributed by atoms with Gasteiger partial charge in [0, 0.05) is 37.3 Å². The van der Waals surface area contributed by atoms with Gasteiger partial charge in [0.15, 0.2) is 0 Å². The van der Waals surface area contributed by atoms with Crippen LogP contribution in [0, 0.1) is 19.8 Å². The highest BCUT2D eigenvalue weighted by molar-refractivity contribution is 5.27. The Kier molecular flexibility index (Phi) is 5.56. The number of aryl methyl sites for hydroxylation is 3. The van der Waals surface area contributed by atoms with Crippen LogP contribution in [-0.2, 0) is 13.1 Å². The first-order chi connectivity index (χ1) is 11.6. The number of hydrogen-bond acceptors (Lipinski definition) is 3. The summed E-state index contributed by atoms with van der Waals surface area (Å²) in [5.74, 6) is 1.60. The minimum Gasteiger partial charge on any atom is -0.493 e. The minimum atomic E-state index is 0.612. The van der Waals surface area contributed by atoms with Gasteiger partial charge in [0.2, 0.25) is 0 Å². The monoisotopic (exact) mass is 327 g/mol. The van der Waals surface area contributed by atoms with Crippen LogP contribution in [0.1, 0.15) is 36.6 Å². The average molecular weight is 327 g/mol. The summed E-state index contributed by atoms with van der Waals surface area (Å²) in [6.07, 6.45) is 4.71. The number of nitrogens with zero attached hydrogens (tertiary/aromatic N) is 3. The van der Waals surface area contributed by atoms with E-state index in [-0.39, 0.29) is 0 Å². The van der Waals surface area contributed by atoms with Gasteiger partial charge in [-0.15, -0.1) is 0 Å². The van der Waals surface area contributed by atoms with E-state index >= 15 is 0 Å². The fraction of sp³-hybridized carbons (Fsp3) is 0.550. The molecule has 2 heterocycles. The predicted octanol–water partition coefficient (Wildman–Crippen LogP) is 3.81. The molecule has 0 aliphatic carbocycles. The Hall–Kier alpha value is -1.81. The summed E-state index contributed by atoms with van der Waals surface area (Å²) in [5.41, 5.74) is 3.77. The van der Waals surface area contributed by atoms with E-state index in [0.717, 1.165) is 37.7 Å². The van der Waals surface area contributed by atoms with Gasteiger partial charge in [0.1, 0.15) is 5.75 Å². The molecular weight excluding hydrogens is 298 g/mol. The SMILES string of the molecule is CCn1cc(CN2CCC[C@@H](COc3cccc(C)c3)C2)c(C)n1. The van der Waals surface area contributed by atoms with Crippen LogP contribution in [0.3, 0.4) is 0 Å². The molecule has 0 saturated carbocycles. The van der Waals surface area contributed by atoms with Crippen LogP contribution in [0.5, 0.6) is 5.75 Å². The lowest BCUT2D eigenvalue weighted by molar-refractivity contribution is 0.125. The lowest BCUT2D eigenvalue weighted by Gasteiger charge is -2.32. The lowest BCUT2D eigenvalue weighted by Crippen LogP contribution is -2.37. The van der Waals surface area contributed by atoms with Gasteiger partial charge in [0.05, 0.1) is 12.3 Å². The van der Waals surface area contributed by atoms with Crippen molar-refractivity contribution in [2.75, 3.05) is 19.7 Å². The second kappa shape index (κ2) is 7.84.